The van der Waals surface area contributed by atoms with Crippen LogP contribution in [0.3, 0.4) is 0 Å². The fraction of sp³-hybridized carbons (Fsp3) is 0.500. The maximum Gasteiger partial charge on any atom is 0.170 e. The zero-order valence-electron chi connectivity index (χ0n) is 25.4. The van der Waals surface area contributed by atoms with Crippen LogP contribution in [-0.2, 0) is 9.53 Å². The number of piperazine rings is 1. The highest BCUT2D eigenvalue weighted by Crippen LogP contribution is 2.39. The normalized spacial score (nSPS) is 19.9. The van der Waals surface area contributed by atoms with Gasteiger partial charge in [0.15, 0.2) is 11.9 Å². The van der Waals surface area contributed by atoms with E-state index in [0.29, 0.717) is 16.6 Å². The number of imidazole rings is 1. The summed E-state index contributed by atoms with van der Waals surface area (Å²) in [5.74, 6) is 1.12. The number of ether oxygens (including phenoxy) is 1. The van der Waals surface area contributed by atoms with Gasteiger partial charge in [-0.25, -0.2) is 9.50 Å². The van der Waals surface area contributed by atoms with Crippen molar-refractivity contribution in [2.24, 2.45) is 11.8 Å². The van der Waals surface area contributed by atoms with Crippen molar-refractivity contribution in [2.75, 3.05) is 40.9 Å². The lowest BCUT2D eigenvalue weighted by Gasteiger charge is -2.49. The minimum Gasteiger partial charge on any atom is -0.388 e. The molecule has 3 aromatic rings. The van der Waals surface area contributed by atoms with Gasteiger partial charge in [0, 0.05) is 67.2 Å². The maximum atomic E-state index is 10.9. The van der Waals surface area contributed by atoms with Crippen molar-refractivity contribution in [2.45, 2.75) is 52.0 Å². The van der Waals surface area contributed by atoms with Crippen molar-refractivity contribution in [1.29, 1.82) is 0 Å². The molecule has 1 aliphatic heterocycles. The Balaban J connectivity index is 0.000000210. The quantitative estimate of drug-likeness (QED) is 0.330. The summed E-state index contributed by atoms with van der Waals surface area (Å²) in [6, 6.07) is 9.55. The van der Waals surface area contributed by atoms with Crippen LogP contribution in [0.15, 0.2) is 48.8 Å². The Morgan fingerprint density at radius 1 is 1.15 bits per heavy atom. The summed E-state index contributed by atoms with van der Waals surface area (Å²) in [5.41, 5.74) is 5.45. The van der Waals surface area contributed by atoms with Crippen LogP contribution in [0, 0.1) is 11.8 Å². The van der Waals surface area contributed by atoms with Crippen LogP contribution in [0.1, 0.15) is 62.5 Å². The van der Waals surface area contributed by atoms with Gasteiger partial charge in [0.2, 0.25) is 0 Å². The van der Waals surface area contributed by atoms with Crippen LogP contribution in [0.2, 0.25) is 5.02 Å². The number of carbonyl (C=O) groups is 2. The van der Waals surface area contributed by atoms with Gasteiger partial charge in [0.25, 0.3) is 0 Å². The third-order valence-electron chi connectivity index (χ3n) is 7.92. The number of fused-ring (bicyclic) bond motifs is 1. The van der Waals surface area contributed by atoms with Crippen LogP contribution >= 0.6 is 11.6 Å². The number of likely N-dealkylation sites (N-methyl/N-ethyl adjacent to an activating group) is 1. The lowest BCUT2D eigenvalue weighted by atomic mass is 9.73. The van der Waals surface area contributed by atoms with Crippen molar-refractivity contribution in [3.8, 4) is 11.3 Å². The first-order valence-corrected chi connectivity index (χ1v) is 14.4. The number of hydrogen-bond acceptors (Lipinski definition) is 7. The standard InChI is InChI=1S/C16H14ClN3O.C14H24N2O.C2H6O/c1-10(2)14-7-15(11-3-5-12(17)6-4-11)19-20-8-13(9-21)18-16(14)20;1-11(13-7-12(8-13)9-17)16-6-5-15(4)14(2,3)10-16;1-3-2/h3-10H,1-2H3;9,12-13H,1,5-8,10H2,2-4H3;1-2H3. The largest absolute Gasteiger partial charge is 0.388 e. The van der Waals surface area contributed by atoms with E-state index in [0.717, 1.165) is 67.5 Å². The van der Waals surface area contributed by atoms with E-state index in [1.165, 1.54) is 5.70 Å². The van der Waals surface area contributed by atoms with Crippen molar-refractivity contribution in [1.82, 2.24) is 24.4 Å². The second kappa shape index (κ2) is 14.2. The summed E-state index contributed by atoms with van der Waals surface area (Å²) in [5, 5.41) is 5.23. The van der Waals surface area contributed by atoms with Gasteiger partial charge < -0.3 is 14.4 Å². The molecular formula is C32H44ClN5O3. The monoisotopic (exact) mass is 581 g/mol. The predicted molar refractivity (Wildman–Crippen MR) is 166 cm³/mol. The summed E-state index contributed by atoms with van der Waals surface area (Å²) < 4.78 is 5.92. The number of hydrogen-bond donors (Lipinski definition) is 0. The second-order valence-corrected chi connectivity index (χ2v) is 12.3. The van der Waals surface area contributed by atoms with Gasteiger partial charge in [-0.3, -0.25) is 9.69 Å². The zero-order valence-corrected chi connectivity index (χ0v) is 26.2. The van der Waals surface area contributed by atoms with E-state index in [1.807, 2.05) is 30.3 Å². The highest BCUT2D eigenvalue weighted by Gasteiger charge is 2.37. The zero-order chi connectivity index (χ0) is 30.3. The Morgan fingerprint density at radius 2 is 1.78 bits per heavy atom. The second-order valence-electron chi connectivity index (χ2n) is 11.8. The summed E-state index contributed by atoms with van der Waals surface area (Å²) in [6.45, 7) is 16.2. The molecule has 0 bridgehead atoms. The van der Waals surface area contributed by atoms with E-state index in [2.05, 4.69) is 65.9 Å². The first kappa shape index (κ1) is 32.4. The molecule has 0 spiro atoms. The van der Waals surface area contributed by atoms with E-state index in [1.54, 1.807) is 24.9 Å². The number of methoxy groups -OCH3 is 1. The van der Waals surface area contributed by atoms with Crippen molar-refractivity contribution in [3.05, 3.63) is 65.1 Å². The summed E-state index contributed by atoms with van der Waals surface area (Å²) in [7, 11) is 5.44. The third kappa shape index (κ3) is 8.03. The molecule has 0 N–H and O–H groups in total. The number of aldehydes is 2. The number of aromatic nitrogens is 3. The smallest absolute Gasteiger partial charge is 0.170 e. The van der Waals surface area contributed by atoms with Crippen molar-refractivity contribution < 1.29 is 14.3 Å². The van der Waals surface area contributed by atoms with E-state index in [9.17, 15) is 9.59 Å². The molecule has 41 heavy (non-hydrogen) atoms. The summed E-state index contributed by atoms with van der Waals surface area (Å²) in [4.78, 5) is 30.7. The Morgan fingerprint density at radius 3 is 2.32 bits per heavy atom. The van der Waals surface area contributed by atoms with E-state index < -0.39 is 0 Å². The molecular weight excluding hydrogens is 538 g/mol. The first-order valence-electron chi connectivity index (χ1n) is 14.1. The number of rotatable bonds is 6. The van der Waals surface area contributed by atoms with Gasteiger partial charge in [-0.05, 0) is 63.8 Å². The number of benzene rings is 1. The molecule has 8 nitrogen and oxygen atoms in total. The van der Waals surface area contributed by atoms with Gasteiger partial charge in [0.1, 0.15) is 12.0 Å². The van der Waals surface area contributed by atoms with Gasteiger partial charge >= 0.3 is 0 Å². The fourth-order valence-corrected chi connectivity index (χ4v) is 5.18. The average Bonchev–Trinajstić information content (AvgIpc) is 3.33. The van der Waals surface area contributed by atoms with Gasteiger partial charge in [0.05, 0.1) is 11.9 Å². The van der Waals surface area contributed by atoms with Crippen molar-refractivity contribution in [3.63, 3.8) is 0 Å². The minimum absolute atomic E-state index is 0.217. The van der Waals surface area contributed by atoms with Crippen LogP contribution in [0.25, 0.3) is 16.9 Å². The molecule has 9 heteroatoms. The SMILES string of the molecule is C=C(C1CC(C=O)C1)N1CCN(C)C(C)(C)C1.CC(C)c1cc(-c2ccc(Cl)cc2)nn2cc(C=O)nc12.COC. The molecule has 1 saturated heterocycles. The fourth-order valence-electron chi connectivity index (χ4n) is 5.05. The first-order chi connectivity index (χ1) is 19.4. The molecule has 0 unspecified atom stereocenters. The van der Waals surface area contributed by atoms with E-state index >= 15 is 0 Å². The number of nitrogens with zero attached hydrogens (tertiary/aromatic N) is 5. The Labute approximate surface area is 249 Å². The van der Waals surface area contributed by atoms with Gasteiger partial charge in [-0.1, -0.05) is 44.2 Å². The molecule has 222 valence electrons. The Hall–Kier alpha value is -3.07. The molecule has 0 atom stereocenters. The highest BCUT2D eigenvalue weighted by molar-refractivity contribution is 6.30. The topological polar surface area (TPSA) is 80.0 Å². The summed E-state index contributed by atoms with van der Waals surface area (Å²) >= 11 is 5.92. The van der Waals surface area contributed by atoms with E-state index in [4.69, 9.17) is 11.6 Å². The molecule has 1 saturated carbocycles. The van der Waals surface area contributed by atoms with E-state index in [-0.39, 0.29) is 17.4 Å². The average molecular weight is 582 g/mol. The molecule has 3 heterocycles. The minimum atomic E-state index is 0.217. The highest BCUT2D eigenvalue weighted by atomic mass is 35.5. The third-order valence-corrected chi connectivity index (χ3v) is 8.17. The number of allylic oxidation sites excluding steroid dienone is 1. The number of carbonyl (C=O) groups excluding carboxylic acids is 2. The number of halogens is 1. The molecule has 2 aliphatic rings. The summed E-state index contributed by atoms with van der Waals surface area (Å²) in [6.07, 6.45) is 5.50. The van der Waals surface area contributed by atoms with Crippen molar-refractivity contribution >= 4 is 29.8 Å². The molecule has 5 rings (SSSR count). The maximum absolute atomic E-state index is 10.9. The molecule has 1 aliphatic carbocycles. The lowest BCUT2D eigenvalue weighted by Crippen LogP contribution is -2.57. The molecule has 1 aromatic carbocycles. The van der Waals surface area contributed by atoms with Gasteiger partial charge in [-0.15, -0.1) is 0 Å². The molecule has 2 fully saturated rings. The molecule has 0 radical (unpaired) electrons. The Kier molecular flexibility index (Phi) is 11.2. The Bertz CT molecular complexity index is 1330. The van der Waals surface area contributed by atoms with Crippen LogP contribution in [0.5, 0.6) is 0 Å². The predicted octanol–water partition coefficient (Wildman–Crippen LogP) is 6.00. The van der Waals surface area contributed by atoms with Crippen LogP contribution in [-0.4, -0.2) is 83.4 Å². The lowest BCUT2D eigenvalue weighted by molar-refractivity contribution is -0.114. The van der Waals surface area contributed by atoms with Crippen LogP contribution < -0.4 is 0 Å². The van der Waals surface area contributed by atoms with Crippen LogP contribution in [0.4, 0.5) is 0 Å². The van der Waals surface area contributed by atoms with Gasteiger partial charge in [-0.2, -0.15) is 5.10 Å². The molecule has 0 amide bonds. The molecule has 2 aromatic heterocycles.